The van der Waals surface area contributed by atoms with E-state index in [0.717, 1.165) is 27.8 Å². The molecular weight excluding hydrogens is 661 g/mol. The molecule has 4 aromatic heterocycles. The summed E-state index contributed by atoms with van der Waals surface area (Å²) < 4.78 is 7.48. The molecule has 0 unspecified atom stereocenters. The second-order valence-corrected chi connectivity index (χ2v) is 15.0. The molecule has 0 bridgehead atoms. The van der Waals surface area contributed by atoms with Gasteiger partial charge >= 0.3 is 0 Å². The highest BCUT2D eigenvalue weighted by Gasteiger charge is 2.22. The molecule has 11 rings (SSSR count). The molecule has 51 heavy (non-hydrogen) atoms. The van der Waals surface area contributed by atoms with E-state index in [2.05, 4.69) is 126 Å². The Labute approximate surface area is 300 Å². The van der Waals surface area contributed by atoms with Crippen molar-refractivity contribution in [3.63, 3.8) is 0 Å². The lowest BCUT2D eigenvalue weighted by Gasteiger charge is -2.13. The predicted molar refractivity (Wildman–Crippen MR) is 216 cm³/mol. The first-order valence-electron chi connectivity index (χ1n) is 16.9. The minimum atomic E-state index is 0.654. The summed E-state index contributed by atoms with van der Waals surface area (Å²) in [5.74, 6) is 1.97. The molecule has 0 aliphatic heterocycles. The fourth-order valence-electron chi connectivity index (χ4n) is 7.63. The van der Waals surface area contributed by atoms with E-state index in [4.69, 9.17) is 15.0 Å². The Balaban J connectivity index is 1.26. The van der Waals surface area contributed by atoms with Gasteiger partial charge in [0.25, 0.3) is 0 Å². The minimum absolute atomic E-state index is 0.654. The zero-order chi connectivity index (χ0) is 33.5. The van der Waals surface area contributed by atoms with Crippen LogP contribution in [0.15, 0.2) is 158 Å². The van der Waals surface area contributed by atoms with E-state index in [1.165, 1.54) is 56.8 Å². The van der Waals surface area contributed by atoms with Gasteiger partial charge in [-0.05, 0) is 42.5 Å². The zero-order valence-corrected chi connectivity index (χ0v) is 28.7. The summed E-state index contributed by atoms with van der Waals surface area (Å²) in [6, 6.07) is 55.9. The summed E-state index contributed by atoms with van der Waals surface area (Å²) in [5.41, 5.74) is 6.34. The van der Waals surface area contributed by atoms with Crippen LogP contribution in [0.1, 0.15) is 0 Å². The third-order valence-corrected chi connectivity index (χ3v) is 12.1. The molecule has 0 aliphatic rings. The number of benzene rings is 7. The summed E-state index contributed by atoms with van der Waals surface area (Å²) in [5, 5.41) is 7.53. The van der Waals surface area contributed by atoms with Gasteiger partial charge in [-0.1, -0.05) is 115 Å². The van der Waals surface area contributed by atoms with Crippen LogP contribution in [0.3, 0.4) is 0 Å². The molecule has 11 aromatic rings. The van der Waals surface area contributed by atoms with Gasteiger partial charge in [0.2, 0.25) is 0 Å². The molecule has 6 heteroatoms. The van der Waals surface area contributed by atoms with Gasteiger partial charge < -0.3 is 4.57 Å². The molecule has 0 saturated carbocycles. The van der Waals surface area contributed by atoms with Crippen LogP contribution in [0.4, 0.5) is 0 Å². The molecule has 4 heterocycles. The van der Waals surface area contributed by atoms with Crippen molar-refractivity contribution < 1.29 is 0 Å². The van der Waals surface area contributed by atoms with Crippen molar-refractivity contribution in [2.45, 2.75) is 0 Å². The number of fused-ring (bicyclic) bond motifs is 10. The van der Waals surface area contributed by atoms with Crippen molar-refractivity contribution in [3.8, 4) is 39.9 Å². The number of hydrogen-bond donors (Lipinski definition) is 0. The van der Waals surface area contributed by atoms with Crippen molar-refractivity contribution in [1.29, 1.82) is 0 Å². The van der Waals surface area contributed by atoms with Gasteiger partial charge in [0.15, 0.2) is 17.5 Å². The number of nitrogens with zero attached hydrogens (tertiary/aromatic N) is 4. The Hall–Kier alpha value is -6.21. The van der Waals surface area contributed by atoms with Crippen molar-refractivity contribution in [3.05, 3.63) is 158 Å². The highest BCUT2D eigenvalue weighted by Crippen LogP contribution is 2.46. The molecule has 0 N–H and O–H groups in total. The van der Waals surface area contributed by atoms with Crippen molar-refractivity contribution >= 4 is 84.8 Å². The van der Waals surface area contributed by atoms with E-state index in [1.807, 2.05) is 59.1 Å². The van der Waals surface area contributed by atoms with Crippen LogP contribution in [0.2, 0.25) is 0 Å². The van der Waals surface area contributed by atoms with Gasteiger partial charge in [-0.2, -0.15) is 0 Å². The summed E-state index contributed by atoms with van der Waals surface area (Å²) in [6.07, 6.45) is 0. The number of rotatable bonds is 4. The Morgan fingerprint density at radius 2 is 0.922 bits per heavy atom. The lowest BCUT2D eigenvalue weighted by atomic mass is 10.0. The maximum absolute atomic E-state index is 5.23. The summed E-state index contributed by atoms with van der Waals surface area (Å²) in [7, 11) is 0. The third-order valence-electron chi connectivity index (χ3n) is 9.84. The van der Waals surface area contributed by atoms with Crippen LogP contribution in [-0.4, -0.2) is 19.5 Å². The fourth-order valence-corrected chi connectivity index (χ4v) is 9.91. The SMILES string of the molecule is c1ccc(-c2nc(-c3ccccc3)nc(-c3cc(-n4c5ccccc5c5c6c(ccc54)sc4ccccc46)cc4sc5ccccc5c34)n2)cc1. The van der Waals surface area contributed by atoms with Crippen molar-refractivity contribution in [2.24, 2.45) is 0 Å². The van der Waals surface area contributed by atoms with E-state index in [9.17, 15) is 0 Å². The average molecular weight is 687 g/mol. The number of thiophene rings is 2. The summed E-state index contributed by atoms with van der Waals surface area (Å²) in [6.45, 7) is 0. The van der Waals surface area contributed by atoms with Gasteiger partial charge in [-0.3, -0.25) is 0 Å². The van der Waals surface area contributed by atoms with E-state index < -0.39 is 0 Å². The van der Waals surface area contributed by atoms with Crippen LogP contribution in [0, 0.1) is 0 Å². The number of hydrogen-bond acceptors (Lipinski definition) is 5. The van der Waals surface area contributed by atoms with Gasteiger partial charge in [0, 0.05) is 73.5 Å². The second-order valence-electron chi connectivity index (χ2n) is 12.8. The topological polar surface area (TPSA) is 43.6 Å². The Morgan fingerprint density at radius 1 is 0.373 bits per heavy atom. The van der Waals surface area contributed by atoms with Crippen molar-refractivity contribution in [1.82, 2.24) is 19.5 Å². The minimum Gasteiger partial charge on any atom is -0.309 e. The van der Waals surface area contributed by atoms with Gasteiger partial charge in [0.05, 0.1) is 11.0 Å². The van der Waals surface area contributed by atoms with E-state index in [1.54, 1.807) is 0 Å². The largest absolute Gasteiger partial charge is 0.309 e. The van der Waals surface area contributed by atoms with E-state index in [0.29, 0.717) is 17.5 Å². The molecule has 0 saturated heterocycles. The molecular formula is C45H26N4S2. The monoisotopic (exact) mass is 686 g/mol. The number of para-hydroxylation sites is 1. The van der Waals surface area contributed by atoms with Gasteiger partial charge in [-0.25, -0.2) is 15.0 Å². The molecule has 0 spiro atoms. The quantitative estimate of drug-likeness (QED) is 0.185. The first-order chi connectivity index (χ1) is 25.3. The summed E-state index contributed by atoms with van der Waals surface area (Å²) >= 11 is 3.68. The lowest BCUT2D eigenvalue weighted by Crippen LogP contribution is -2.01. The summed E-state index contributed by atoms with van der Waals surface area (Å²) in [4.78, 5) is 15.5. The smallest absolute Gasteiger partial charge is 0.164 e. The predicted octanol–water partition coefficient (Wildman–Crippen LogP) is 12.7. The normalized spacial score (nSPS) is 11.9. The van der Waals surface area contributed by atoms with Crippen LogP contribution in [-0.2, 0) is 0 Å². The van der Waals surface area contributed by atoms with E-state index >= 15 is 0 Å². The Morgan fingerprint density at radius 3 is 1.61 bits per heavy atom. The van der Waals surface area contributed by atoms with Crippen LogP contribution in [0.5, 0.6) is 0 Å². The molecule has 0 fully saturated rings. The fraction of sp³-hybridized carbons (Fsp3) is 0. The van der Waals surface area contributed by atoms with Crippen LogP contribution < -0.4 is 0 Å². The lowest BCUT2D eigenvalue weighted by molar-refractivity contribution is 1.07. The first kappa shape index (κ1) is 28.6. The molecule has 0 atom stereocenters. The molecule has 238 valence electrons. The maximum atomic E-state index is 5.23. The number of aromatic nitrogens is 4. The molecule has 0 radical (unpaired) electrons. The van der Waals surface area contributed by atoms with E-state index in [-0.39, 0.29) is 0 Å². The Kier molecular flexibility index (Phi) is 6.26. The van der Waals surface area contributed by atoms with Gasteiger partial charge in [0.1, 0.15) is 0 Å². The van der Waals surface area contributed by atoms with Crippen LogP contribution >= 0.6 is 22.7 Å². The van der Waals surface area contributed by atoms with Crippen molar-refractivity contribution in [2.75, 3.05) is 0 Å². The molecule has 7 aromatic carbocycles. The standard InChI is InChI=1S/C45H26N4S2/c1-3-13-27(14-4-1)43-46-44(28-15-5-2-6-16-28)48-45(47-43)33-25-29(26-39-40(33)31-18-8-11-21-36(31)51-39)49-34-20-10-7-17-30(34)41-35(49)23-24-38-42(41)32-19-9-12-22-37(32)50-38/h1-26H. The molecule has 4 nitrogen and oxygen atoms in total. The third kappa shape index (κ3) is 4.40. The zero-order valence-electron chi connectivity index (χ0n) is 27.1. The van der Waals surface area contributed by atoms with Crippen LogP contribution in [0.25, 0.3) is 102 Å². The molecule has 0 aliphatic carbocycles. The maximum Gasteiger partial charge on any atom is 0.164 e. The molecule has 0 amide bonds. The highest BCUT2D eigenvalue weighted by molar-refractivity contribution is 7.26. The Bertz CT molecular complexity index is 3080. The second kappa shape index (κ2) is 11.2. The van der Waals surface area contributed by atoms with Gasteiger partial charge in [-0.15, -0.1) is 22.7 Å². The highest BCUT2D eigenvalue weighted by atomic mass is 32.1. The first-order valence-corrected chi connectivity index (χ1v) is 18.6. The average Bonchev–Trinajstić information content (AvgIpc) is 3.87.